The Hall–Kier alpha value is -2.85. The first kappa shape index (κ1) is 18.9. The molecule has 0 aliphatic rings. The van der Waals surface area contributed by atoms with Crippen molar-refractivity contribution in [1.82, 2.24) is 10.3 Å². The van der Waals surface area contributed by atoms with Crippen LogP contribution in [0, 0.1) is 0 Å². The summed E-state index contributed by atoms with van der Waals surface area (Å²) in [5, 5.41) is 6.90. The molecule has 27 heavy (non-hydrogen) atoms. The molecule has 2 N–H and O–H groups in total. The van der Waals surface area contributed by atoms with Crippen molar-refractivity contribution < 1.29 is 4.79 Å². The van der Waals surface area contributed by atoms with E-state index in [0.717, 1.165) is 30.8 Å². The number of halogens is 1. The highest BCUT2D eigenvalue weighted by Crippen LogP contribution is 2.10. The maximum absolute atomic E-state index is 12.2. The van der Waals surface area contributed by atoms with E-state index in [2.05, 4.69) is 27.8 Å². The van der Waals surface area contributed by atoms with Crippen LogP contribution < -0.4 is 10.6 Å². The Morgan fingerprint density at radius 2 is 1.56 bits per heavy atom. The molecule has 3 rings (SSSR count). The average molecular weight is 380 g/mol. The van der Waals surface area contributed by atoms with Gasteiger partial charge < -0.3 is 10.6 Å². The SMILES string of the molecule is O=C(NCCc1ccc(Cl)cc1)c1ccc(NCCc2ccccc2)nc1. The van der Waals surface area contributed by atoms with Crippen LogP contribution >= 0.6 is 11.6 Å². The van der Waals surface area contributed by atoms with Crippen LogP contribution in [-0.4, -0.2) is 24.0 Å². The molecule has 0 unspecified atom stereocenters. The van der Waals surface area contributed by atoms with E-state index in [1.165, 1.54) is 5.56 Å². The summed E-state index contributed by atoms with van der Waals surface area (Å²) in [6.45, 7) is 1.36. The molecule has 5 heteroatoms. The third kappa shape index (κ3) is 6.12. The van der Waals surface area contributed by atoms with Crippen molar-refractivity contribution in [3.8, 4) is 0 Å². The molecule has 138 valence electrons. The predicted molar refractivity (Wildman–Crippen MR) is 110 cm³/mol. The maximum Gasteiger partial charge on any atom is 0.252 e. The van der Waals surface area contributed by atoms with Crippen LogP contribution in [0.2, 0.25) is 5.02 Å². The second kappa shape index (κ2) is 9.74. The van der Waals surface area contributed by atoms with Crippen LogP contribution in [0.5, 0.6) is 0 Å². The van der Waals surface area contributed by atoms with E-state index >= 15 is 0 Å². The molecule has 0 atom stereocenters. The molecule has 0 fully saturated rings. The summed E-state index contributed by atoms with van der Waals surface area (Å²) in [4.78, 5) is 16.5. The number of hydrogen-bond donors (Lipinski definition) is 2. The molecule has 0 aliphatic carbocycles. The fourth-order valence-corrected chi connectivity index (χ4v) is 2.81. The Kier molecular flexibility index (Phi) is 6.83. The highest BCUT2D eigenvalue weighted by atomic mass is 35.5. The number of carbonyl (C=O) groups is 1. The van der Waals surface area contributed by atoms with Gasteiger partial charge in [0.2, 0.25) is 0 Å². The smallest absolute Gasteiger partial charge is 0.252 e. The Bertz CT molecular complexity index is 849. The third-order valence-corrected chi connectivity index (χ3v) is 4.45. The maximum atomic E-state index is 12.2. The van der Waals surface area contributed by atoms with Crippen molar-refractivity contribution in [2.45, 2.75) is 12.8 Å². The monoisotopic (exact) mass is 379 g/mol. The minimum atomic E-state index is -0.118. The van der Waals surface area contributed by atoms with E-state index in [0.29, 0.717) is 17.1 Å². The zero-order valence-electron chi connectivity index (χ0n) is 15.0. The van der Waals surface area contributed by atoms with Crippen LogP contribution in [0.1, 0.15) is 21.5 Å². The first-order chi connectivity index (χ1) is 13.2. The van der Waals surface area contributed by atoms with Gasteiger partial charge in [-0.3, -0.25) is 4.79 Å². The highest BCUT2D eigenvalue weighted by Gasteiger charge is 2.06. The van der Waals surface area contributed by atoms with E-state index in [4.69, 9.17) is 11.6 Å². The summed E-state index contributed by atoms with van der Waals surface area (Å²) in [5.41, 5.74) is 2.97. The number of nitrogens with one attached hydrogen (secondary N) is 2. The quantitative estimate of drug-likeness (QED) is 0.611. The van der Waals surface area contributed by atoms with Crippen LogP contribution in [0.3, 0.4) is 0 Å². The molecule has 4 nitrogen and oxygen atoms in total. The van der Waals surface area contributed by atoms with Crippen molar-refractivity contribution in [3.63, 3.8) is 0 Å². The number of pyridine rings is 1. The number of anilines is 1. The van der Waals surface area contributed by atoms with Crippen molar-refractivity contribution in [2.75, 3.05) is 18.4 Å². The summed E-state index contributed by atoms with van der Waals surface area (Å²) in [7, 11) is 0. The predicted octanol–water partition coefficient (Wildman–Crippen LogP) is 4.36. The van der Waals surface area contributed by atoms with Crippen LogP contribution in [0.15, 0.2) is 72.9 Å². The van der Waals surface area contributed by atoms with Gasteiger partial charge in [-0.2, -0.15) is 0 Å². The van der Waals surface area contributed by atoms with Gasteiger partial charge in [-0.25, -0.2) is 4.98 Å². The lowest BCUT2D eigenvalue weighted by Gasteiger charge is -2.08. The summed E-state index contributed by atoms with van der Waals surface area (Å²) in [6, 6.07) is 21.5. The van der Waals surface area contributed by atoms with Gasteiger partial charge >= 0.3 is 0 Å². The van der Waals surface area contributed by atoms with Crippen LogP contribution in [0.25, 0.3) is 0 Å². The number of rotatable bonds is 8. The summed E-state index contributed by atoms with van der Waals surface area (Å²) in [5.74, 6) is 0.649. The van der Waals surface area contributed by atoms with Gasteiger partial charge in [-0.15, -0.1) is 0 Å². The second-order valence-electron chi connectivity index (χ2n) is 6.23. The van der Waals surface area contributed by atoms with Gasteiger partial charge in [0.05, 0.1) is 5.56 Å². The molecular weight excluding hydrogens is 358 g/mol. The van der Waals surface area contributed by atoms with Gasteiger partial charge in [0.25, 0.3) is 5.91 Å². The van der Waals surface area contributed by atoms with Gasteiger partial charge in [0.15, 0.2) is 0 Å². The fraction of sp³-hybridized carbons (Fsp3) is 0.182. The molecule has 0 aliphatic heterocycles. The molecule has 0 saturated heterocycles. The minimum Gasteiger partial charge on any atom is -0.370 e. The Balaban J connectivity index is 1.42. The first-order valence-corrected chi connectivity index (χ1v) is 9.35. The molecule has 2 aromatic carbocycles. The molecule has 0 bridgehead atoms. The summed E-state index contributed by atoms with van der Waals surface area (Å²) < 4.78 is 0. The lowest BCUT2D eigenvalue weighted by Crippen LogP contribution is -2.25. The van der Waals surface area contributed by atoms with E-state index in [-0.39, 0.29) is 5.91 Å². The fourth-order valence-electron chi connectivity index (χ4n) is 2.69. The molecule has 1 aromatic heterocycles. The Morgan fingerprint density at radius 3 is 2.26 bits per heavy atom. The van der Waals surface area contributed by atoms with Crippen LogP contribution in [-0.2, 0) is 12.8 Å². The minimum absolute atomic E-state index is 0.118. The van der Waals surface area contributed by atoms with E-state index < -0.39 is 0 Å². The van der Waals surface area contributed by atoms with E-state index in [9.17, 15) is 4.79 Å². The standard InChI is InChI=1S/C22H22ClN3O/c23-20-9-6-18(7-10-20)13-15-25-22(27)19-8-11-21(26-16-19)24-14-12-17-4-2-1-3-5-17/h1-11,16H,12-15H2,(H,24,26)(H,25,27). The molecule has 3 aromatic rings. The topological polar surface area (TPSA) is 54.0 Å². The van der Waals surface area contributed by atoms with E-state index in [1.54, 1.807) is 12.3 Å². The number of carbonyl (C=O) groups excluding carboxylic acids is 1. The largest absolute Gasteiger partial charge is 0.370 e. The van der Waals surface area contributed by atoms with Gasteiger partial charge in [0, 0.05) is 24.3 Å². The lowest BCUT2D eigenvalue weighted by atomic mass is 10.1. The highest BCUT2D eigenvalue weighted by molar-refractivity contribution is 6.30. The molecule has 0 saturated carbocycles. The van der Waals surface area contributed by atoms with Crippen molar-refractivity contribution in [3.05, 3.63) is 94.6 Å². The van der Waals surface area contributed by atoms with Crippen molar-refractivity contribution in [2.24, 2.45) is 0 Å². The zero-order valence-corrected chi connectivity index (χ0v) is 15.7. The molecular formula is C22H22ClN3O. The molecule has 0 spiro atoms. The first-order valence-electron chi connectivity index (χ1n) is 8.97. The summed E-state index contributed by atoms with van der Waals surface area (Å²) >= 11 is 5.87. The molecule has 0 radical (unpaired) electrons. The number of aromatic nitrogens is 1. The third-order valence-electron chi connectivity index (χ3n) is 4.20. The Morgan fingerprint density at radius 1 is 0.852 bits per heavy atom. The summed E-state index contributed by atoms with van der Waals surface area (Å²) in [6.07, 6.45) is 3.29. The number of nitrogens with zero attached hydrogens (tertiary/aromatic N) is 1. The van der Waals surface area contributed by atoms with Crippen molar-refractivity contribution >= 4 is 23.3 Å². The zero-order chi connectivity index (χ0) is 18.9. The Labute approximate surface area is 164 Å². The normalized spacial score (nSPS) is 10.4. The lowest BCUT2D eigenvalue weighted by molar-refractivity contribution is 0.0954. The number of amides is 1. The average Bonchev–Trinajstić information content (AvgIpc) is 2.71. The molecule has 1 amide bonds. The van der Waals surface area contributed by atoms with Gasteiger partial charge in [0.1, 0.15) is 5.82 Å². The van der Waals surface area contributed by atoms with Crippen molar-refractivity contribution in [1.29, 1.82) is 0 Å². The second-order valence-corrected chi connectivity index (χ2v) is 6.66. The number of benzene rings is 2. The van der Waals surface area contributed by atoms with Crippen LogP contribution in [0.4, 0.5) is 5.82 Å². The molecule has 1 heterocycles. The van der Waals surface area contributed by atoms with E-state index in [1.807, 2.05) is 48.5 Å². The van der Waals surface area contributed by atoms with Gasteiger partial charge in [-0.1, -0.05) is 54.1 Å². The number of hydrogen-bond acceptors (Lipinski definition) is 3. The van der Waals surface area contributed by atoms with Gasteiger partial charge in [-0.05, 0) is 48.2 Å².